The summed E-state index contributed by atoms with van der Waals surface area (Å²) in [6.45, 7) is 2.93. The van der Waals surface area contributed by atoms with E-state index in [4.69, 9.17) is 23.2 Å². The highest BCUT2D eigenvalue weighted by molar-refractivity contribution is 9.11. The van der Waals surface area contributed by atoms with Crippen LogP contribution in [0.15, 0.2) is 28.1 Å². The first-order chi connectivity index (χ1) is 9.52. The predicted octanol–water partition coefficient (Wildman–Crippen LogP) is 6.05. The fraction of sp³-hybridized carbons (Fsp3) is 0.286. The molecule has 6 heteroatoms. The fourth-order valence-corrected chi connectivity index (χ4v) is 4.01. The molecule has 1 aromatic heterocycles. The van der Waals surface area contributed by atoms with Crippen molar-refractivity contribution >= 4 is 50.5 Å². The third kappa shape index (κ3) is 3.74. The Kier molecular flexibility index (Phi) is 5.87. The lowest BCUT2D eigenvalue weighted by Crippen LogP contribution is -2.22. The second-order valence-corrected chi connectivity index (χ2v) is 7.54. The van der Waals surface area contributed by atoms with Gasteiger partial charge in [0.15, 0.2) is 0 Å². The summed E-state index contributed by atoms with van der Waals surface area (Å²) >= 11 is 17.3. The van der Waals surface area contributed by atoms with Crippen LogP contribution >= 0.6 is 50.5 Å². The van der Waals surface area contributed by atoms with Gasteiger partial charge in [-0.25, -0.2) is 4.39 Å². The molecule has 0 spiro atoms. The lowest BCUT2D eigenvalue weighted by atomic mass is 10.0. The Morgan fingerprint density at radius 1 is 1.30 bits per heavy atom. The quantitative estimate of drug-likeness (QED) is 0.648. The molecule has 0 aliphatic carbocycles. The highest BCUT2D eigenvalue weighted by Gasteiger charge is 2.20. The number of thiophene rings is 1. The third-order valence-corrected chi connectivity index (χ3v) is 5.69. The van der Waals surface area contributed by atoms with Crippen LogP contribution in [-0.2, 0) is 0 Å². The number of hydrogen-bond acceptors (Lipinski definition) is 2. The van der Waals surface area contributed by atoms with Crippen LogP contribution in [0.2, 0.25) is 10.0 Å². The fourth-order valence-electron chi connectivity index (χ4n) is 1.89. The van der Waals surface area contributed by atoms with E-state index >= 15 is 0 Å². The van der Waals surface area contributed by atoms with E-state index in [1.165, 1.54) is 12.1 Å². The summed E-state index contributed by atoms with van der Waals surface area (Å²) in [4.78, 5) is 1.05. The van der Waals surface area contributed by atoms with Crippen molar-refractivity contribution in [1.82, 2.24) is 5.32 Å². The maximum atomic E-state index is 13.2. The van der Waals surface area contributed by atoms with Gasteiger partial charge in [0.1, 0.15) is 5.82 Å². The molecule has 1 aromatic carbocycles. The van der Waals surface area contributed by atoms with Crippen LogP contribution < -0.4 is 5.32 Å². The molecule has 1 N–H and O–H groups in total. The molecule has 0 radical (unpaired) electrons. The minimum Gasteiger partial charge on any atom is -0.306 e. The Balaban J connectivity index is 2.41. The Bertz CT molecular complexity index is 583. The van der Waals surface area contributed by atoms with Crippen LogP contribution in [0.1, 0.15) is 29.8 Å². The van der Waals surface area contributed by atoms with Crippen LogP contribution in [0.4, 0.5) is 4.39 Å². The summed E-state index contributed by atoms with van der Waals surface area (Å²) in [5.41, 5.74) is 0.854. The van der Waals surface area contributed by atoms with Crippen molar-refractivity contribution in [2.45, 2.75) is 19.4 Å². The smallest absolute Gasteiger partial charge is 0.124 e. The van der Waals surface area contributed by atoms with Crippen molar-refractivity contribution < 1.29 is 4.39 Å². The van der Waals surface area contributed by atoms with Crippen LogP contribution in [0.3, 0.4) is 0 Å². The van der Waals surface area contributed by atoms with Gasteiger partial charge in [0.2, 0.25) is 0 Å². The van der Waals surface area contributed by atoms with E-state index in [-0.39, 0.29) is 11.9 Å². The van der Waals surface area contributed by atoms with Crippen molar-refractivity contribution in [2.24, 2.45) is 0 Å². The van der Waals surface area contributed by atoms with E-state index in [9.17, 15) is 4.39 Å². The van der Waals surface area contributed by atoms with Crippen molar-refractivity contribution in [3.63, 3.8) is 0 Å². The lowest BCUT2D eigenvalue weighted by molar-refractivity contribution is 0.599. The Morgan fingerprint density at radius 2 is 2.05 bits per heavy atom. The van der Waals surface area contributed by atoms with E-state index in [0.29, 0.717) is 10.0 Å². The van der Waals surface area contributed by atoms with E-state index in [1.54, 1.807) is 17.4 Å². The molecule has 2 aromatic rings. The van der Waals surface area contributed by atoms with Crippen molar-refractivity contribution in [3.8, 4) is 0 Å². The lowest BCUT2D eigenvalue weighted by Gasteiger charge is -2.19. The van der Waals surface area contributed by atoms with Crippen molar-refractivity contribution in [2.75, 3.05) is 6.54 Å². The normalized spacial score (nSPS) is 12.7. The minimum absolute atomic E-state index is 0.0863. The number of hydrogen-bond donors (Lipinski definition) is 1. The average molecular weight is 397 g/mol. The second kappa shape index (κ2) is 7.23. The maximum Gasteiger partial charge on any atom is 0.124 e. The van der Waals surface area contributed by atoms with E-state index in [0.717, 1.165) is 27.2 Å². The summed E-state index contributed by atoms with van der Waals surface area (Å²) in [5.74, 6) is -0.335. The SMILES string of the molecule is CCCNC(c1cc(Cl)c(Br)s1)c1ccc(F)cc1Cl. The summed E-state index contributed by atoms with van der Waals surface area (Å²) in [7, 11) is 0. The van der Waals surface area contributed by atoms with Crippen LogP contribution in [0, 0.1) is 5.82 Å². The van der Waals surface area contributed by atoms with E-state index in [1.807, 2.05) is 6.07 Å². The van der Waals surface area contributed by atoms with Crippen molar-refractivity contribution in [3.05, 3.63) is 54.4 Å². The molecule has 0 saturated heterocycles. The Morgan fingerprint density at radius 3 is 2.60 bits per heavy atom. The minimum atomic E-state index is -0.335. The monoisotopic (exact) mass is 395 g/mol. The van der Waals surface area contributed by atoms with Gasteiger partial charge in [-0.05, 0) is 52.7 Å². The molecule has 20 heavy (non-hydrogen) atoms. The van der Waals surface area contributed by atoms with Crippen LogP contribution in [-0.4, -0.2) is 6.54 Å². The summed E-state index contributed by atoms with van der Waals surface area (Å²) < 4.78 is 14.1. The first kappa shape index (κ1) is 16.2. The molecule has 2 rings (SSSR count). The van der Waals surface area contributed by atoms with Gasteiger partial charge >= 0.3 is 0 Å². The molecule has 0 aliphatic heterocycles. The first-order valence-electron chi connectivity index (χ1n) is 6.16. The molecule has 1 atom stereocenters. The number of rotatable bonds is 5. The molecule has 108 valence electrons. The largest absolute Gasteiger partial charge is 0.306 e. The second-order valence-electron chi connectivity index (χ2n) is 4.32. The zero-order chi connectivity index (χ0) is 14.7. The highest BCUT2D eigenvalue weighted by Crippen LogP contribution is 2.39. The molecule has 1 heterocycles. The van der Waals surface area contributed by atoms with E-state index in [2.05, 4.69) is 28.2 Å². The molecule has 1 nitrogen and oxygen atoms in total. The molecule has 0 bridgehead atoms. The van der Waals surface area contributed by atoms with Crippen molar-refractivity contribution in [1.29, 1.82) is 0 Å². The van der Waals surface area contributed by atoms with Gasteiger partial charge in [-0.1, -0.05) is 36.2 Å². The molecule has 0 amide bonds. The van der Waals surface area contributed by atoms with Gasteiger partial charge < -0.3 is 5.32 Å². The molecule has 1 unspecified atom stereocenters. The van der Waals surface area contributed by atoms with Gasteiger partial charge in [-0.3, -0.25) is 0 Å². The molecule has 0 fully saturated rings. The summed E-state index contributed by atoms with van der Waals surface area (Å²) in [6, 6.07) is 6.29. The topological polar surface area (TPSA) is 12.0 Å². The van der Waals surface area contributed by atoms with Crippen LogP contribution in [0.5, 0.6) is 0 Å². The van der Waals surface area contributed by atoms with Gasteiger partial charge in [0.25, 0.3) is 0 Å². The van der Waals surface area contributed by atoms with Gasteiger partial charge in [-0.15, -0.1) is 11.3 Å². The maximum absolute atomic E-state index is 13.2. The number of halogens is 4. The number of nitrogens with one attached hydrogen (secondary N) is 1. The molecular weight excluding hydrogens is 384 g/mol. The molecule has 0 saturated carbocycles. The Hall–Kier alpha value is -0.130. The zero-order valence-electron chi connectivity index (χ0n) is 10.7. The highest BCUT2D eigenvalue weighted by atomic mass is 79.9. The van der Waals surface area contributed by atoms with E-state index < -0.39 is 0 Å². The first-order valence-corrected chi connectivity index (χ1v) is 8.52. The third-order valence-electron chi connectivity index (χ3n) is 2.82. The average Bonchev–Trinajstić information content (AvgIpc) is 2.72. The zero-order valence-corrected chi connectivity index (χ0v) is 14.6. The molecular formula is C14H13BrCl2FNS. The van der Waals surface area contributed by atoms with Gasteiger partial charge in [0, 0.05) is 9.90 Å². The van der Waals surface area contributed by atoms with Gasteiger partial charge in [-0.2, -0.15) is 0 Å². The standard InChI is InChI=1S/C14H13BrCl2FNS/c1-2-5-19-13(12-7-11(17)14(15)20-12)9-4-3-8(18)6-10(9)16/h3-4,6-7,13,19H,2,5H2,1H3. The van der Waals surface area contributed by atoms with Gasteiger partial charge in [0.05, 0.1) is 14.9 Å². The number of benzene rings is 1. The Labute approximate surface area is 140 Å². The van der Waals surface area contributed by atoms with Crippen LogP contribution in [0.25, 0.3) is 0 Å². The molecule has 0 aliphatic rings. The summed E-state index contributed by atoms with van der Waals surface area (Å²) in [5, 5.41) is 4.52. The predicted molar refractivity (Wildman–Crippen MR) is 88.6 cm³/mol. The summed E-state index contributed by atoms with van der Waals surface area (Å²) in [6.07, 6.45) is 0.996.